The SMILES string of the molecule is CC[C@H](NC(=O)C[NH+]1CCN(c2ccc(C(C)=O)cc2)CC1)c1ccc(C)cc1. The van der Waals surface area contributed by atoms with Gasteiger partial charge < -0.3 is 15.1 Å². The van der Waals surface area contributed by atoms with Gasteiger partial charge in [-0.3, -0.25) is 9.59 Å². The van der Waals surface area contributed by atoms with Crippen LogP contribution in [0.15, 0.2) is 48.5 Å². The van der Waals surface area contributed by atoms with Crippen LogP contribution in [0.5, 0.6) is 0 Å². The summed E-state index contributed by atoms with van der Waals surface area (Å²) in [6, 6.07) is 16.3. The highest BCUT2D eigenvalue weighted by molar-refractivity contribution is 5.94. The fraction of sp³-hybridized carbons (Fsp3) is 0.417. The van der Waals surface area contributed by atoms with Crippen LogP contribution in [0.4, 0.5) is 5.69 Å². The van der Waals surface area contributed by atoms with Gasteiger partial charge in [-0.2, -0.15) is 0 Å². The van der Waals surface area contributed by atoms with E-state index >= 15 is 0 Å². The summed E-state index contributed by atoms with van der Waals surface area (Å²) in [7, 11) is 0. The molecule has 1 heterocycles. The van der Waals surface area contributed by atoms with Gasteiger partial charge in [0.05, 0.1) is 32.2 Å². The number of piperazine rings is 1. The lowest BCUT2D eigenvalue weighted by atomic mass is 10.0. The molecule has 0 radical (unpaired) electrons. The number of amides is 1. The highest BCUT2D eigenvalue weighted by atomic mass is 16.2. The Balaban J connectivity index is 1.48. The molecule has 2 aromatic rings. The fourth-order valence-corrected chi connectivity index (χ4v) is 3.86. The molecule has 1 aliphatic rings. The number of nitrogens with zero attached hydrogens (tertiary/aromatic N) is 1. The van der Waals surface area contributed by atoms with Crippen molar-refractivity contribution in [3.05, 3.63) is 65.2 Å². The Bertz CT molecular complexity index is 822. The predicted molar refractivity (Wildman–Crippen MR) is 117 cm³/mol. The van der Waals surface area contributed by atoms with E-state index in [0.717, 1.165) is 43.9 Å². The van der Waals surface area contributed by atoms with Crippen LogP contribution in [0.3, 0.4) is 0 Å². The molecular weight excluding hydrogens is 362 g/mol. The molecule has 0 saturated carbocycles. The van der Waals surface area contributed by atoms with Crippen molar-refractivity contribution < 1.29 is 14.5 Å². The third-order valence-corrected chi connectivity index (χ3v) is 5.74. The number of aryl methyl sites for hydroxylation is 1. The van der Waals surface area contributed by atoms with Crippen LogP contribution in [0, 0.1) is 6.92 Å². The molecule has 0 spiro atoms. The lowest BCUT2D eigenvalue weighted by molar-refractivity contribution is -0.892. The maximum Gasteiger partial charge on any atom is 0.275 e. The Morgan fingerprint density at radius 3 is 2.21 bits per heavy atom. The van der Waals surface area contributed by atoms with Gasteiger partial charge in [0.15, 0.2) is 12.3 Å². The largest absolute Gasteiger partial charge is 0.360 e. The van der Waals surface area contributed by atoms with Gasteiger partial charge in [0.1, 0.15) is 0 Å². The molecule has 1 atom stereocenters. The van der Waals surface area contributed by atoms with Crippen LogP contribution >= 0.6 is 0 Å². The van der Waals surface area contributed by atoms with Gasteiger partial charge in [-0.05, 0) is 50.1 Å². The maximum absolute atomic E-state index is 12.6. The van der Waals surface area contributed by atoms with Gasteiger partial charge in [0.25, 0.3) is 5.91 Å². The van der Waals surface area contributed by atoms with E-state index in [1.165, 1.54) is 16.0 Å². The van der Waals surface area contributed by atoms with Crippen LogP contribution < -0.4 is 15.1 Å². The predicted octanol–water partition coefficient (Wildman–Crippen LogP) is 2.17. The first-order valence-corrected chi connectivity index (χ1v) is 10.5. The molecule has 0 aliphatic carbocycles. The number of carbonyl (C=O) groups excluding carboxylic acids is 2. The number of rotatable bonds is 7. The van der Waals surface area contributed by atoms with Crippen molar-refractivity contribution in [2.24, 2.45) is 0 Å². The Kier molecular flexibility index (Phi) is 7.04. The van der Waals surface area contributed by atoms with Crippen molar-refractivity contribution in [1.82, 2.24) is 5.32 Å². The summed E-state index contributed by atoms with van der Waals surface area (Å²) in [6.07, 6.45) is 0.883. The molecule has 2 N–H and O–H groups in total. The van der Waals surface area contributed by atoms with Crippen molar-refractivity contribution in [3.8, 4) is 0 Å². The lowest BCUT2D eigenvalue weighted by Gasteiger charge is -2.33. The van der Waals surface area contributed by atoms with Crippen molar-refractivity contribution in [2.75, 3.05) is 37.6 Å². The number of ketones is 1. The smallest absolute Gasteiger partial charge is 0.275 e. The molecule has 5 nitrogen and oxygen atoms in total. The minimum absolute atomic E-state index is 0.0728. The molecule has 1 amide bonds. The summed E-state index contributed by atoms with van der Waals surface area (Å²) in [5.41, 5.74) is 4.28. The minimum atomic E-state index is 0.0728. The summed E-state index contributed by atoms with van der Waals surface area (Å²) in [6.45, 7) is 9.97. The normalized spacial score (nSPS) is 15.8. The molecule has 0 bridgehead atoms. The quantitative estimate of drug-likeness (QED) is 0.708. The first-order valence-electron chi connectivity index (χ1n) is 10.5. The van der Waals surface area contributed by atoms with E-state index < -0.39 is 0 Å². The number of anilines is 1. The third kappa shape index (κ3) is 5.67. The molecule has 5 heteroatoms. The standard InChI is InChI=1S/C24H31N3O2/c1-4-23(21-7-5-18(2)6-8-21)25-24(29)17-26-13-15-27(16-14-26)22-11-9-20(10-12-22)19(3)28/h5-12,23H,4,13-17H2,1-3H3,(H,25,29)/p+1/t23-/m0/s1. The number of carbonyl (C=O) groups is 2. The average molecular weight is 395 g/mol. The minimum Gasteiger partial charge on any atom is -0.360 e. The van der Waals surface area contributed by atoms with Gasteiger partial charge in [-0.25, -0.2) is 0 Å². The first kappa shape index (κ1) is 21.1. The first-order chi connectivity index (χ1) is 14.0. The van der Waals surface area contributed by atoms with Crippen molar-refractivity contribution in [3.63, 3.8) is 0 Å². The number of hydrogen-bond donors (Lipinski definition) is 2. The Morgan fingerprint density at radius 1 is 1.03 bits per heavy atom. The van der Waals surface area contributed by atoms with Crippen LogP contribution in [0.25, 0.3) is 0 Å². The molecule has 1 saturated heterocycles. The lowest BCUT2D eigenvalue weighted by Crippen LogP contribution is -3.16. The zero-order valence-electron chi connectivity index (χ0n) is 17.7. The molecule has 0 unspecified atom stereocenters. The van der Waals surface area contributed by atoms with E-state index in [0.29, 0.717) is 6.54 Å². The van der Waals surface area contributed by atoms with Crippen LogP contribution in [0.2, 0.25) is 0 Å². The molecule has 29 heavy (non-hydrogen) atoms. The highest BCUT2D eigenvalue weighted by Gasteiger charge is 2.23. The van der Waals surface area contributed by atoms with E-state index in [1.54, 1.807) is 6.92 Å². The van der Waals surface area contributed by atoms with Crippen molar-refractivity contribution in [2.45, 2.75) is 33.2 Å². The van der Waals surface area contributed by atoms with Gasteiger partial charge in [-0.1, -0.05) is 36.8 Å². The number of hydrogen-bond acceptors (Lipinski definition) is 3. The van der Waals surface area contributed by atoms with Gasteiger partial charge >= 0.3 is 0 Å². The van der Waals surface area contributed by atoms with Gasteiger partial charge in [-0.15, -0.1) is 0 Å². The topological polar surface area (TPSA) is 53.9 Å². The highest BCUT2D eigenvalue weighted by Crippen LogP contribution is 2.17. The summed E-state index contributed by atoms with van der Waals surface area (Å²) in [5.74, 6) is 0.208. The fourth-order valence-electron chi connectivity index (χ4n) is 3.86. The summed E-state index contributed by atoms with van der Waals surface area (Å²) in [5, 5.41) is 3.20. The van der Waals surface area contributed by atoms with E-state index in [2.05, 4.69) is 48.3 Å². The summed E-state index contributed by atoms with van der Waals surface area (Å²) >= 11 is 0. The maximum atomic E-state index is 12.6. The van der Waals surface area contributed by atoms with Crippen molar-refractivity contribution in [1.29, 1.82) is 0 Å². The van der Waals surface area contributed by atoms with E-state index in [-0.39, 0.29) is 17.7 Å². The van der Waals surface area contributed by atoms with Crippen LogP contribution in [0.1, 0.15) is 47.8 Å². The van der Waals surface area contributed by atoms with Gasteiger partial charge in [0.2, 0.25) is 0 Å². The summed E-state index contributed by atoms with van der Waals surface area (Å²) < 4.78 is 0. The number of quaternary nitrogens is 1. The molecule has 0 aromatic heterocycles. The van der Waals surface area contributed by atoms with E-state index in [1.807, 2.05) is 24.3 Å². The zero-order chi connectivity index (χ0) is 20.8. The van der Waals surface area contributed by atoms with Crippen LogP contribution in [-0.2, 0) is 4.79 Å². The summed E-state index contributed by atoms with van der Waals surface area (Å²) in [4.78, 5) is 27.7. The zero-order valence-corrected chi connectivity index (χ0v) is 17.7. The molecule has 2 aromatic carbocycles. The Labute approximate surface area is 173 Å². The Morgan fingerprint density at radius 2 is 1.66 bits per heavy atom. The average Bonchev–Trinajstić information content (AvgIpc) is 2.73. The second kappa shape index (κ2) is 9.70. The Hall–Kier alpha value is -2.66. The van der Waals surface area contributed by atoms with Gasteiger partial charge in [0, 0.05) is 11.3 Å². The number of Topliss-reactive ketones (excluding diaryl/α,β-unsaturated/α-hetero) is 1. The molecule has 3 rings (SSSR count). The second-order valence-electron chi connectivity index (χ2n) is 7.96. The van der Waals surface area contributed by atoms with Crippen molar-refractivity contribution >= 4 is 17.4 Å². The monoisotopic (exact) mass is 394 g/mol. The molecule has 1 fully saturated rings. The second-order valence-corrected chi connectivity index (χ2v) is 7.96. The molecule has 1 aliphatic heterocycles. The molecule has 154 valence electrons. The van der Waals surface area contributed by atoms with Crippen LogP contribution in [-0.4, -0.2) is 44.4 Å². The number of nitrogens with one attached hydrogen (secondary N) is 2. The number of benzene rings is 2. The van der Waals surface area contributed by atoms with E-state index in [9.17, 15) is 9.59 Å². The third-order valence-electron chi connectivity index (χ3n) is 5.74. The van der Waals surface area contributed by atoms with E-state index in [4.69, 9.17) is 0 Å². The molecular formula is C24H32N3O2+.